The van der Waals surface area contributed by atoms with Crippen molar-refractivity contribution < 1.29 is 5.11 Å². The molecule has 0 aromatic heterocycles. The maximum Gasteiger partial charge on any atom is 0.124 e. The van der Waals surface area contributed by atoms with E-state index in [1.165, 1.54) is 0 Å². The molecule has 0 saturated heterocycles. The third-order valence-corrected chi connectivity index (χ3v) is 3.67. The van der Waals surface area contributed by atoms with Crippen LogP contribution in [0.2, 0.25) is 5.02 Å². The van der Waals surface area contributed by atoms with E-state index in [1.807, 2.05) is 55.5 Å². The lowest BCUT2D eigenvalue weighted by molar-refractivity contribution is 0.475. The van der Waals surface area contributed by atoms with Gasteiger partial charge in [0.25, 0.3) is 0 Å². The monoisotopic (exact) mass is 295 g/mol. The molecular formula is C18H14ClNO. The fourth-order valence-corrected chi connectivity index (χ4v) is 2.54. The summed E-state index contributed by atoms with van der Waals surface area (Å²) >= 11 is 5.95. The van der Waals surface area contributed by atoms with Crippen LogP contribution >= 0.6 is 11.6 Å². The van der Waals surface area contributed by atoms with Crippen molar-refractivity contribution in [1.29, 1.82) is 0 Å². The van der Waals surface area contributed by atoms with Crippen molar-refractivity contribution in [3.8, 4) is 5.75 Å². The molecule has 3 aromatic rings. The van der Waals surface area contributed by atoms with Gasteiger partial charge in [0, 0.05) is 16.8 Å². The normalized spacial score (nSPS) is 11.3. The molecule has 0 bridgehead atoms. The van der Waals surface area contributed by atoms with Gasteiger partial charge in [-0.3, -0.25) is 4.99 Å². The van der Waals surface area contributed by atoms with Crippen molar-refractivity contribution in [3.05, 3.63) is 70.7 Å². The molecule has 3 aromatic carbocycles. The molecule has 0 amide bonds. The third-order valence-electron chi connectivity index (χ3n) is 3.44. The van der Waals surface area contributed by atoms with Gasteiger partial charge < -0.3 is 5.11 Å². The number of nitrogens with zero attached hydrogens (tertiary/aromatic N) is 1. The number of aromatic hydroxyl groups is 1. The van der Waals surface area contributed by atoms with Gasteiger partial charge >= 0.3 is 0 Å². The second kappa shape index (κ2) is 5.58. The maximum absolute atomic E-state index is 10.1. The number of hydrogen-bond acceptors (Lipinski definition) is 2. The molecule has 104 valence electrons. The van der Waals surface area contributed by atoms with Crippen LogP contribution in [0.15, 0.2) is 59.6 Å². The lowest BCUT2D eigenvalue weighted by atomic mass is 10.0. The molecule has 21 heavy (non-hydrogen) atoms. The molecule has 0 aliphatic rings. The molecule has 2 nitrogen and oxygen atoms in total. The van der Waals surface area contributed by atoms with E-state index in [0.717, 1.165) is 27.6 Å². The van der Waals surface area contributed by atoms with E-state index in [-0.39, 0.29) is 5.75 Å². The predicted octanol–water partition coefficient (Wildman–Crippen LogP) is 5.26. The Morgan fingerprint density at radius 2 is 1.86 bits per heavy atom. The van der Waals surface area contributed by atoms with Crippen LogP contribution in [0.25, 0.3) is 10.8 Å². The zero-order chi connectivity index (χ0) is 14.8. The van der Waals surface area contributed by atoms with Gasteiger partial charge in [0.05, 0.1) is 5.69 Å². The summed E-state index contributed by atoms with van der Waals surface area (Å²) in [6.07, 6.45) is 1.70. The molecule has 0 fully saturated rings. The molecule has 1 N–H and O–H groups in total. The summed E-state index contributed by atoms with van der Waals surface area (Å²) in [4.78, 5) is 4.48. The van der Waals surface area contributed by atoms with E-state index in [0.29, 0.717) is 5.02 Å². The topological polar surface area (TPSA) is 32.6 Å². The molecule has 0 spiro atoms. The van der Waals surface area contributed by atoms with E-state index in [2.05, 4.69) is 4.99 Å². The summed E-state index contributed by atoms with van der Waals surface area (Å²) in [6, 6.07) is 17.1. The van der Waals surface area contributed by atoms with Gasteiger partial charge in [0.15, 0.2) is 0 Å². The zero-order valence-corrected chi connectivity index (χ0v) is 12.3. The minimum atomic E-state index is 0.226. The highest BCUT2D eigenvalue weighted by Crippen LogP contribution is 2.27. The number of phenolic OH excluding ortho intramolecular Hbond substituents is 1. The number of fused-ring (bicyclic) bond motifs is 1. The minimum absolute atomic E-state index is 0.226. The largest absolute Gasteiger partial charge is 0.507 e. The summed E-state index contributed by atoms with van der Waals surface area (Å²) < 4.78 is 0. The van der Waals surface area contributed by atoms with Crippen molar-refractivity contribution in [3.63, 3.8) is 0 Å². The van der Waals surface area contributed by atoms with Crippen LogP contribution in [0.5, 0.6) is 5.75 Å². The van der Waals surface area contributed by atoms with Crippen molar-refractivity contribution in [2.24, 2.45) is 4.99 Å². The van der Waals surface area contributed by atoms with Gasteiger partial charge in [0.2, 0.25) is 0 Å². The summed E-state index contributed by atoms with van der Waals surface area (Å²) in [7, 11) is 0. The molecule has 3 heteroatoms. The number of hydrogen-bond donors (Lipinski definition) is 1. The second-order valence-corrected chi connectivity index (χ2v) is 5.34. The first-order valence-corrected chi connectivity index (χ1v) is 7.04. The van der Waals surface area contributed by atoms with Crippen molar-refractivity contribution in [2.45, 2.75) is 6.92 Å². The lowest BCUT2D eigenvalue weighted by Gasteiger charge is -2.05. The van der Waals surface area contributed by atoms with Crippen molar-refractivity contribution >= 4 is 34.3 Å². The average molecular weight is 296 g/mol. The molecule has 0 unspecified atom stereocenters. The summed E-state index contributed by atoms with van der Waals surface area (Å²) in [5.74, 6) is 0.226. The van der Waals surface area contributed by atoms with E-state index < -0.39 is 0 Å². The van der Waals surface area contributed by atoms with Crippen LogP contribution in [0.4, 0.5) is 5.69 Å². The van der Waals surface area contributed by atoms with Gasteiger partial charge in [-0.2, -0.15) is 0 Å². The molecule has 0 atom stereocenters. The molecule has 0 aliphatic carbocycles. The van der Waals surface area contributed by atoms with Gasteiger partial charge in [-0.1, -0.05) is 41.9 Å². The van der Waals surface area contributed by atoms with Crippen molar-refractivity contribution in [1.82, 2.24) is 0 Å². The highest BCUT2D eigenvalue weighted by molar-refractivity contribution is 6.30. The Hall–Kier alpha value is -2.32. The Morgan fingerprint density at radius 1 is 1.05 bits per heavy atom. The average Bonchev–Trinajstić information content (AvgIpc) is 2.48. The van der Waals surface area contributed by atoms with Gasteiger partial charge in [-0.15, -0.1) is 0 Å². The van der Waals surface area contributed by atoms with Crippen LogP contribution in [-0.4, -0.2) is 11.3 Å². The first-order chi connectivity index (χ1) is 10.1. The van der Waals surface area contributed by atoms with E-state index >= 15 is 0 Å². The maximum atomic E-state index is 10.1. The van der Waals surface area contributed by atoms with Gasteiger partial charge in [-0.05, 0) is 47.5 Å². The number of halogens is 1. The number of phenols is 1. The highest BCUT2D eigenvalue weighted by Gasteiger charge is 2.04. The fourth-order valence-electron chi connectivity index (χ4n) is 2.32. The SMILES string of the molecule is Cc1cc(Cl)ccc1N=Cc1c(O)ccc2ccccc12. The van der Waals surface area contributed by atoms with Crippen LogP contribution in [0, 0.1) is 6.92 Å². The molecule has 3 rings (SSSR count). The Balaban J connectivity index is 2.09. The van der Waals surface area contributed by atoms with Crippen LogP contribution < -0.4 is 0 Å². The Kier molecular flexibility index (Phi) is 3.63. The van der Waals surface area contributed by atoms with Gasteiger partial charge in [0.1, 0.15) is 5.75 Å². The highest BCUT2D eigenvalue weighted by atomic mass is 35.5. The molecule has 0 saturated carbocycles. The van der Waals surface area contributed by atoms with E-state index in [4.69, 9.17) is 11.6 Å². The third kappa shape index (κ3) is 2.76. The minimum Gasteiger partial charge on any atom is -0.507 e. The van der Waals surface area contributed by atoms with E-state index in [1.54, 1.807) is 12.3 Å². The van der Waals surface area contributed by atoms with Crippen molar-refractivity contribution in [2.75, 3.05) is 0 Å². The second-order valence-electron chi connectivity index (χ2n) is 4.91. The lowest BCUT2D eigenvalue weighted by Crippen LogP contribution is -1.86. The molecule has 0 radical (unpaired) electrons. The molecule has 0 heterocycles. The number of aryl methyl sites for hydroxylation is 1. The van der Waals surface area contributed by atoms with Crippen LogP contribution in [0.3, 0.4) is 0 Å². The summed E-state index contributed by atoms with van der Waals surface area (Å²) in [6.45, 7) is 1.96. The quantitative estimate of drug-likeness (QED) is 0.643. The Morgan fingerprint density at radius 3 is 2.67 bits per heavy atom. The standard InChI is InChI=1S/C18H14ClNO/c1-12-10-14(19)7-8-17(12)20-11-16-15-5-3-2-4-13(15)6-9-18(16)21/h2-11,21H,1H3. The Labute approximate surface area is 128 Å². The summed E-state index contributed by atoms with van der Waals surface area (Å²) in [5.41, 5.74) is 2.56. The van der Waals surface area contributed by atoms with Gasteiger partial charge in [-0.25, -0.2) is 0 Å². The van der Waals surface area contributed by atoms with Crippen LogP contribution in [0.1, 0.15) is 11.1 Å². The first kappa shape index (κ1) is 13.7. The fraction of sp³-hybridized carbons (Fsp3) is 0.0556. The molecule has 0 aliphatic heterocycles. The zero-order valence-electron chi connectivity index (χ0n) is 11.5. The number of rotatable bonds is 2. The Bertz CT molecular complexity index is 840. The number of benzene rings is 3. The number of aliphatic imine (C=N–C) groups is 1. The van der Waals surface area contributed by atoms with E-state index in [9.17, 15) is 5.11 Å². The van der Waals surface area contributed by atoms with Crippen LogP contribution in [-0.2, 0) is 0 Å². The predicted molar refractivity (Wildman–Crippen MR) is 89.1 cm³/mol. The smallest absolute Gasteiger partial charge is 0.124 e. The first-order valence-electron chi connectivity index (χ1n) is 6.66. The summed E-state index contributed by atoms with van der Waals surface area (Å²) in [5, 5.41) is 12.8. The molecular weight excluding hydrogens is 282 g/mol.